The van der Waals surface area contributed by atoms with E-state index in [1.165, 1.54) is 0 Å². The van der Waals surface area contributed by atoms with Crippen LogP contribution in [0.1, 0.15) is 36.0 Å². The van der Waals surface area contributed by atoms with Gasteiger partial charge in [-0.2, -0.15) is 0 Å². The molecule has 6 heteroatoms. The van der Waals surface area contributed by atoms with Crippen LogP contribution in [0.3, 0.4) is 0 Å². The smallest absolute Gasteiger partial charge is 0.252 e. The number of anilines is 1. The third kappa shape index (κ3) is 3.36. The van der Waals surface area contributed by atoms with E-state index in [-0.39, 0.29) is 17.7 Å². The van der Waals surface area contributed by atoms with E-state index in [0.29, 0.717) is 11.6 Å². The molecule has 1 aliphatic heterocycles. The Bertz CT molecular complexity index is 839. The van der Waals surface area contributed by atoms with Crippen molar-refractivity contribution in [2.24, 2.45) is 5.92 Å². The third-order valence-corrected chi connectivity index (χ3v) is 5.30. The summed E-state index contributed by atoms with van der Waals surface area (Å²) in [5, 5.41) is 6.70. The van der Waals surface area contributed by atoms with E-state index in [2.05, 4.69) is 15.5 Å². The van der Waals surface area contributed by atoms with Gasteiger partial charge in [-0.25, -0.2) is 4.98 Å². The molecule has 0 bridgehead atoms. The Morgan fingerprint density at radius 1 is 1.12 bits per heavy atom. The van der Waals surface area contributed by atoms with Crippen molar-refractivity contribution in [3.05, 3.63) is 35.9 Å². The van der Waals surface area contributed by atoms with Crippen LogP contribution in [0.2, 0.25) is 0 Å². The summed E-state index contributed by atoms with van der Waals surface area (Å²) in [4.78, 5) is 31.5. The number of hydrogen-bond acceptors (Lipinski definition) is 4. The van der Waals surface area contributed by atoms with E-state index in [1.807, 2.05) is 30.3 Å². The predicted octanol–water partition coefficient (Wildman–Crippen LogP) is 2.09. The molecule has 1 aliphatic carbocycles. The average molecular weight is 352 g/mol. The van der Waals surface area contributed by atoms with Crippen LogP contribution in [0.5, 0.6) is 0 Å². The normalized spacial score (nSPS) is 18.0. The summed E-state index contributed by atoms with van der Waals surface area (Å²) in [7, 11) is 1.68. The van der Waals surface area contributed by atoms with Crippen LogP contribution in [-0.2, 0) is 4.79 Å². The number of hydrogen-bond donors (Lipinski definition) is 2. The summed E-state index contributed by atoms with van der Waals surface area (Å²) in [5.74, 6) is 0.975. The number of nitrogens with one attached hydrogen (secondary N) is 2. The second-order valence-corrected chi connectivity index (χ2v) is 7.17. The lowest BCUT2D eigenvalue weighted by molar-refractivity contribution is -0.125. The zero-order chi connectivity index (χ0) is 18.1. The van der Waals surface area contributed by atoms with Gasteiger partial charge in [-0.1, -0.05) is 18.2 Å². The van der Waals surface area contributed by atoms with Crippen LogP contribution < -0.4 is 15.5 Å². The van der Waals surface area contributed by atoms with Crippen molar-refractivity contribution in [1.82, 2.24) is 15.6 Å². The number of rotatable bonds is 4. The molecule has 2 aromatic rings. The van der Waals surface area contributed by atoms with Crippen molar-refractivity contribution in [3.8, 4) is 0 Å². The number of piperidine rings is 1. The fraction of sp³-hybridized carbons (Fsp3) is 0.450. The molecule has 1 aromatic heterocycles. The first kappa shape index (κ1) is 16.8. The van der Waals surface area contributed by atoms with Crippen LogP contribution in [-0.4, -0.2) is 43.0 Å². The molecule has 2 amide bonds. The van der Waals surface area contributed by atoms with Gasteiger partial charge in [-0.05, 0) is 37.8 Å². The summed E-state index contributed by atoms with van der Waals surface area (Å²) >= 11 is 0. The molecule has 0 unspecified atom stereocenters. The lowest BCUT2D eigenvalue weighted by atomic mass is 9.96. The number of nitrogens with zero attached hydrogens (tertiary/aromatic N) is 2. The number of amides is 2. The van der Waals surface area contributed by atoms with Gasteiger partial charge in [0.05, 0.1) is 11.1 Å². The molecule has 2 aliphatic rings. The van der Waals surface area contributed by atoms with E-state index in [9.17, 15) is 9.59 Å². The minimum Gasteiger partial charge on any atom is -0.359 e. The number of fused-ring (bicyclic) bond motifs is 1. The first-order valence-corrected chi connectivity index (χ1v) is 9.33. The first-order chi connectivity index (χ1) is 12.7. The molecule has 4 rings (SSSR count). The number of pyridine rings is 1. The molecule has 2 fully saturated rings. The van der Waals surface area contributed by atoms with Gasteiger partial charge in [0.25, 0.3) is 5.91 Å². The molecule has 6 nitrogen and oxygen atoms in total. The molecule has 1 saturated carbocycles. The van der Waals surface area contributed by atoms with Gasteiger partial charge in [-0.15, -0.1) is 0 Å². The molecule has 2 heterocycles. The topological polar surface area (TPSA) is 74.3 Å². The zero-order valence-electron chi connectivity index (χ0n) is 15.0. The molecule has 1 aromatic carbocycles. The average Bonchev–Trinajstić information content (AvgIpc) is 3.50. The first-order valence-electron chi connectivity index (χ1n) is 9.33. The van der Waals surface area contributed by atoms with E-state index < -0.39 is 0 Å². The Hall–Kier alpha value is -2.63. The Morgan fingerprint density at radius 2 is 1.85 bits per heavy atom. The third-order valence-electron chi connectivity index (χ3n) is 5.30. The van der Waals surface area contributed by atoms with E-state index in [1.54, 1.807) is 7.05 Å². The van der Waals surface area contributed by atoms with Crippen molar-refractivity contribution in [3.63, 3.8) is 0 Å². The lowest BCUT2D eigenvalue weighted by Gasteiger charge is -2.32. The van der Waals surface area contributed by atoms with Gasteiger partial charge in [0.1, 0.15) is 5.82 Å². The largest absolute Gasteiger partial charge is 0.359 e. The molecule has 2 N–H and O–H groups in total. The minimum atomic E-state index is -0.0207. The van der Waals surface area contributed by atoms with Crippen molar-refractivity contribution < 1.29 is 9.59 Å². The fourth-order valence-electron chi connectivity index (χ4n) is 3.58. The number of carbonyl (C=O) groups is 2. The van der Waals surface area contributed by atoms with Gasteiger partial charge in [0.15, 0.2) is 0 Å². The minimum absolute atomic E-state index is 0.0207. The quantitative estimate of drug-likeness (QED) is 0.884. The summed E-state index contributed by atoms with van der Waals surface area (Å²) in [6.45, 7) is 1.54. The Labute approximate surface area is 153 Å². The maximum Gasteiger partial charge on any atom is 0.252 e. The number of benzene rings is 1. The monoisotopic (exact) mass is 352 g/mol. The molecule has 1 saturated heterocycles. The van der Waals surface area contributed by atoms with Crippen LogP contribution in [0.25, 0.3) is 10.9 Å². The zero-order valence-corrected chi connectivity index (χ0v) is 15.0. The van der Waals surface area contributed by atoms with Crippen molar-refractivity contribution >= 4 is 28.5 Å². The second kappa shape index (κ2) is 6.94. The SMILES string of the molecule is CNC(=O)C1CCN(c2cc(C(=O)NC3CC3)c3ccccc3n2)CC1. The lowest BCUT2D eigenvalue weighted by Crippen LogP contribution is -2.40. The highest BCUT2D eigenvalue weighted by atomic mass is 16.2. The molecular formula is C20H24N4O2. The molecule has 136 valence electrons. The Kier molecular flexibility index (Phi) is 4.49. The highest BCUT2D eigenvalue weighted by Crippen LogP contribution is 2.28. The molecule has 0 spiro atoms. The van der Waals surface area contributed by atoms with Crippen LogP contribution >= 0.6 is 0 Å². The summed E-state index contributed by atoms with van der Waals surface area (Å²) in [6.07, 6.45) is 3.73. The molecule has 0 atom stereocenters. The number of aromatic nitrogens is 1. The van der Waals surface area contributed by atoms with Gasteiger partial charge in [-0.3, -0.25) is 9.59 Å². The standard InChI is InChI=1S/C20H24N4O2/c1-21-19(25)13-8-10-24(11-9-13)18-12-16(20(26)22-14-6-7-14)15-4-2-3-5-17(15)23-18/h2-5,12-14H,6-11H2,1H3,(H,21,25)(H,22,26). The predicted molar refractivity (Wildman–Crippen MR) is 101 cm³/mol. The van der Waals surface area contributed by atoms with Crippen molar-refractivity contribution in [2.75, 3.05) is 25.0 Å². The Balaban J connectivity index is 1.61. The summed E-state index contributed by atoms with van der Waals surface area (Å²) in [5.41, 5.74) is 1.52. The summed E-state index contributed by atoms with van der Waals surface area (Å²) < 4.78 is 0. The van der Waals surface area contributed by atoms with Crippen molar-refractivity contribution in [1.29, 1.82) is 0 Å². The molecule has 0 radical (unpaired) electrons. The van der Waals surface area contributed by atoms with Gasteiger partial charge in [0, 0.05) is 37.5 Å². The van der Waals surface area contributed by atoms with Crippen LogP contribution in [0.4, 0.5) is 5.82 Å². The highest BCUT2D eigenvalue weighted by Gasteiger charge is 2.27. The molecule has 26 heavy (non-hydrogen) atoms. The summed E-state index contributed by atoms with van der Waals surface area (Å²) in [6, 6.07) is 10.0. The van der Waals surface area contributed by atoms with Gasteiger partial charge >= 0.3 is 0 Å². The number of para-hydroxylation sites is 1. The maximum atomic E-state index is 12.7. The van der Waals surface area contributed by atoms with Crippen molar-refractivity contribution in [2.45, 2.75) is 31.7 Å². The fourth-order valence-corrected chi connectivity index (χ4v) is 3.58. The van der Waals surface area contributed by atoms with E-state index >= 15 is 0 Å². The van der Waals surface area contributed by atoms with E-state index in [4.69, 9.17) is 4.98 Å². The second-order valence-electron chi connectivity index (χ2n) is 7.17. The van der Waals surface area contributed by atoms with Crippen LogP contribution in [0, 0.1) is 5.92 Å². The van der Waals surface area contributed by atoms with Crippen LogP contribution in [0.15, 0.2) is 30.3 Å². The Morgan fingerprint density at radius 3 is 2.54 bits per heavy atom. The number of carbonyl (C=O) groups excluding carboxylic acids is 2. The molecular weight excluding hydrogens is 328 g/mol. The van der Waals surface area contributed by atoms with Gasteiger partial charge in [0.2, 0.25) is 5.91 Å². The highest BCUT2D eigenvalue weighted by molar-refractivity contribution is 6.07. The maximum absolute atomic E-state index is 12.7. The van der Waals surface area contributed by atoms with Gasteiger partial charge < -0.3 is 15.5 Å². The van der Waals surface area contributed by atoms with E-state index in [0.717, 1.165) is 55.5 Å².